The number of hydrogen-bond acceptors (Lipinski definition) is 10. The smallest absolute Gasteiger partial charge is 0.338 e. The van der Waals surface area contributed by atoms with Gasteiger partial charge in [0.25, 0.3) is 0 Å². The number of esters is 3. The molecule has 1 N–H and O–H groups in total. The third kappa shape index (κ3) is 6.58. The van der Waals surface area contributed by atoms with Gasteiger partial charge in [0.15, 0.2) is 18.4 Å². The Morgan fingerprint density at radius 3 is 1.87 bits per heavy atom. The van der Waals surface area contributed by atoms with Crippen LogP contribution in [0, 0.1) is 0 Å². The second-order valence-corrected chi connectivity index (χ2v) is 10.0. The van der Waals surface area contributed by atoms with Crippen LogP contribution in [0.3, 0.4) is 0 Å². The van der Waals surface area contributed by atoms with Crippen molar-refractivity contribution in [2.45, 2.75) is 30.7 Å². The normalized spacial score (nSPS) is 22.4. The molecule has 5 atom stereocenters. The summed E-state index contributed by atoms with van der Waals surface area (Å²) in [6.07, 6.45) is 0.194. The van der Waals surface area contributed by atoms with Crippen LogP contribution >= 0.6 is 0 Å². The van der Waals surface area contributed by atoms with Crippen molar-refractivity contribution in [3.8, 4) is 0 Å². The van der Waals surface area contributed by atoms with Crippen LogP contribution in [-0.2, 0) is 18.9 Å². The molecule has 3 aromatic carbocycles. The maximum Gasteiger partial charge on any atom is 0.338 e. The molecule has 0 bridgehead atoms. The molecule has 0 saturated carbocycles. The molecule has 228 valence electrons. The Kier molecular flexibility index (Phi) is 8.60. The topological polar surface area (TPSA) is 151 Å². The maximum atomic E-state index is 13.4. The van der Waals surface area contributed by atoms with Crippen molar-refractivity contribution in [3.05, 3.63) is 133 Å². The molecular formula is C32H27N5O8. The summed E-state index contributed by atoms with van der Waals surface area (Å²) in [5, 5.41) is 6.82. The molecular weight excluding hydrogens is 582 g/mol. The number of urea groups is 1. The van der Waals surface area contributed by atoms with Gasteiger partial charge in [0.1, 0.15) is 31.5 Å². The maximum absolute atomic E-state index is 13.4. The quantitative estimate of drug-likeness (QED) is 0.221. The molecule has 1 fully saturated rings. The predicted molar refractivity (Wildman–Crippen MR) is 155 cm³/mol. The number of hydrogen-bond donors (Lipinski definition) is 1. The Bertz CT molecular complexity index is 1670. The molecule has 3 heterocycles. The van der Waals surface area contributed by atoms with Gasteiger partial charge >= 0.3 is 23.9 Å². The van der Waals surface area contributed by atoms with Crippen molar-refractivity contribution in [2.75, 3.05) is 6.61 Å². The second-order valence-electron chi connectivity index (χ2n) is 10.0. The van der Waals surface area contributed by atoms with E-state index in [0.717, 1.165) is 0 Å². The Hall–Kier alpha value is -5.82. The summed E-state index contributed by atoms with van der Waals surface area (Å²) >= 11 is 0. The van der Waals surface area contributed by atoms with Gasteiger partial charge in [-0.25, -0.2) is 28.8 Å². The van der Waals surface area contributed by atoms with E-state index in [0.29, 0.717) is 5.56 Å². The number of carbonyl (C=O) groups is 4. The average Bonchev–Trinajstić information content (AvgIpc) is 3.74. The van der Waals surface area contributed by atoms with Crippen molar-refractivity contribution in [1.29, 1.82) is 0 Å². The molecule has 2 aliphatic heterocycles. The van der Waals surface area contributed by atoms with Crippen molar-refractivity contribution in [1.82, 2.24) is 25.0 Å². The van der Waals surface area contributed by atoms with Gasteiger partial charge in [0, 0.05) is 6.20 Å². The molecule has 2 amide bonds. The van der Waals surface area contributed by atoms with Gasteiger partial charge in [-0.2, -0.15) is 5.10 Å². The van der Waals surface area contributed by atoms with Crippen LogP contribution in [0.2, 0.25) is 0 Å². The molecule has 13 heteroatoms. The molecule has 0 spiro atoms. The Morgan fingerprint density at radius 2 is 1.33 bits per heavy atom. The third-order valence-corrected chi connectivity index (χ3v) is 7.11. The van der Waals surface area contributed by atoms with Crippen LogP contribution in [-0.4, -0.2) is 74.8 Å². The molecule has 5 unspecified atom stereocenters. The zero-order valence-electron chi connectivity index (χ0n) is 23.6. The van der Waals surface area contributed by atoms with Crippen molar-refractivity contribution in [3.63, 3.8) is 0 Å². The average molecular weight is 610 g/mol. The van der Waals surface area contributed by atoms with E-state index in [-0.39, 0.29) is 17.7 Å². The van der Waals surface area contributed by atoms with E-state index in [1.54, 1.807) is 97.1 Å². The fourth-order valence-electron chi connectivity index (χ4n) is 4.89. The first kappa shape index (κ1) is 29.3. The number of aromatic nitrogens is 3. The van der Waals surface area contributed by atoms with Crippen LogP contribution in [0.4, 0.5) is 4.79 Å². The van der Waals surface area contributed by atoms with E-state index in [2.05, 4.69) is 15.4 Å². The summed E-state index contributed by atoms with van der Waals surface area (Å²) in [6, 6.07) is 24.1. The molecule has 0 aliphatic carbocycles. The first-order valence-electron chi connectivity index (χ1n) is 14.0. The van der Waals surface area contributed by atoms with Crippen LogP contribution in [0.15, 0.2) is 116 Å². The zero-order chi connectivity index (χ0) is 31.2. The van der Waals surface area contributed by atoms with Crippen molar-refractivity contribution < 1.29 is 38.1 Å². The number of nitrogens with one attached hydrogen (secondary N) is 1. The van der Waals surface area contributed by atoms with Gasteiger partial charge in [-0.1, -0.05) is 54.6 Å². The monoisotopic (exact) mass is 609 g/mol. The van der Waals surface area contributed by atoms with Gasteiger partial charge in [0.2, 0.25) is 0 Å². The zero-order valence-corrected chi connectivity index (χ0v) is 23.6. The Morgan fingerprint density at radius 1 is 0.778 bits per heavy atom. The lowest BCUT2D eigenvalue weighted by molar-refractivity contribution is -0.0738. The lowest BCUT2D eigenvalue weighted by Gasteiger charge is -2.33. The van der Waals surface area contributed by atoms with Gasteiger partial charge in [0.05, 0.1) is 16.7 Å². The minimum atomic E-state index is -1.33. The highest BCUT2D eigenvalue weighted by Gasteiger charge is 2.54. The number of nitrogens with zero attached hydrogens (tertiary/aromatic N) is 4. The number of carbonyl (C=O) groups excluding carboxylic acids is 4. The highest BCUT2D eigenvalue weighted by atomic mass is 16.7. The fraction of sp³-hybridized carbons (Fsp3) is 0.188. The SMILES string of the molecule is O=C(OCC1OC(N2C=CC(n3cncn3)NC2=O)C(OC(=O)c2ccccc2)C1OC(=O)c1ccccc1)c1ccccc1. The fourth-order valence-corrected chi connectivity index (χ4v) is 4.89. The molecule has 45 heavy (non-hydrogen) atoms. The molecule has 1 aromatic heterocycles. The standard InChI is InChI=1S/C32H27N5O8/c38-29(21-10-4-1-5-11-21)42-18-24-26(44-30(39)22-12-6-2-7-13-22)27(45-31(40)23-14-8-3-9-15-23)28(43-24)36-17-16-25(35-32(36)41)37-20-33-19-34-37/h1-17,19-20,24-28H,18H2,(H,35,41). The van der Waals surface area contributed by atoms with Crippen LogP contribution < -0.4 is 5.32 Å². The number of benzene rings is 3. The highest BCUT2D eigenvalue weighted by Crippen LogP contribution is 2.32. The molecule has 1 saturated heterocycles. The van der Waals surface area contributed by atoms with Crippen molar-refractivity contribution >= 4 is 23.9 Å². The van der Waals surface area contributed by atoms with Crippen molar-refractivity contribution in [2.24, 2.45) is 0 Å². The molecule has 4 aromatic rings. The van der Waals surface area contributed by atoms with Gasteiger partial charge in [-0.15, -0.1) is 0 Å². The molecule has 13 nitrogen and oxygen atoms in total. The Balaban J connectivity index is 1.32. The largest absolute Gasteiger partial charge is 0.459 e. The van der Waals surface area contributed by atoms with E-state index in [4.69, 9.17) is 18.9 Å². The Labute approximate surface area is 257 Å². The highest BCUT2D eigenvalue weighted by molar-refractivity contribution is 5.91. The van der Waals surface area contributed by atoms with Gasteiger partial charge < -0.3 is 24.3 Å². The molecule has 6 rings (SSSR count). The second kappa shape index (κ2) is 13.2. The first-order valence-corrected chi connectivity index (χ1v) is 14.0. The molecule has 2 aliphatic rings. The van der Waals surface area contributed by atoms with Gasteiger partial charge in [-0.3, -0.25) is 4.90 Å². The third-order valence-electron chi connectivity index (χ3n) is 7.11. The summed E-state index contributed by atoms with van der Waals surface area (Å²) < 4.78 is 25.0. The van der Waals surface area contributed by atoms with Crippen LogP contribution in [0.25, 0.3) is 0 Å². The first-order chi connectivity index (χ1) is 22.0. The number of amides is 2. The summed E-state index contributed by atoms with van der Waals surface area (Å²) in [4.78, 5) is 57.9. The van der Waals surface area contributed by atoms with E-state index < -0.39 is 54.6 Å². The van der Waals surface area contributed by atoms with E-state index >= 15 is 0 Å². The van der Waals surface area contributed by atoms with Crippen LogP contribution in [0.5, 0.6) is 0 Å². The lowest BCUT2D eigenvalue weighted by Crippen LogP contribution is -2.53. The van der Waals surface area contributed by atoms with E-state index in [1.165, 1.54) is 28.4 Å². The summed E-state index contributed by atoms with van der Waals surface area (Å²) in [7, 11) is 0. The minimum absolute atomic E-state index is 0.230. The van der Waals surface area contributed by atoms with E-state index in [1.807, 2.05) is 0 Å². The predicted octanol–water partition coefficient (Wildman–Crippen LogP) is 3.35. The molecule has 0 radical (unpaired) electrons. The summed E-state index contributed by atoms with van der Waals surface area (Å²) in [5.41, 5.74) is 0.767. The summed E-state index contributed by atoms with van der Waals surface area (Å²) in [6.45, 7) is -0.378. The minimum Gasteiger partial charge on any atom is -0.459 e. The number of ether oxygens (including phenoxy) is 4. The van der Waals surface area contributed by atoms with E-state index in [9.17, 15) is 19.2 Å². The number of rotatable bonds is 9. The lowest BCUT2D eigenvalue weighted by atomic mass is 10.1. The van der Waals surface area contributed by atoms with Gasteiger partial charge in [-0.05, 0) is 42.5 Å². The summed E-state index contributed by atoms with van der Waals surface area (Å²) in [5.74, 6) is -2.10. The van der Waals surface area contributed by atoms with Crippen LogP contribution in [0.1, 0.15) is 37.2 Å².